The minimum Gasteiger partial charge on any atom is -0.481 e. The summed E-state index contributed by atoms with van der Waals surface area (Å²) in [5.41, 5.74) is 1.64. The van der Waals surface area contributed by atoms with E-state index in [2.05, 4.69) is 0 Å². The number of hydrogen-bond donors (Lipinski definition) is 1. The summed E-state index contributed by atoms with van der Waals surface area (Å²) in [6, 6.07) is 17.9. The summed E-state index contributed by atoms with van der Waals surface area (Å²) in [6.45, 7) is 1.82. The lowest BCUT2D eigenvalue weighted by Gasteiger charge is -2.14. The Morgan fingerprint density at radius 2 is 1.46 bits per heavy atom. The van der Waals surface area contributed by atoms with Crippen LogP contribution in [0.15, 0.2) is 66.2 Å². The lowest BCUT2D eigenvalue weighted by Crippen LogP contribution is -2.16. The van der Waals surface area contributed by atoms with Crippen LogP contribution in [0.2, 0.25) is 0 Å². The molecule has 2 aromatic rings. The molecule has 0 atom stereocenters. The van der Waals surface area contributed by atoms with Crippen LogP contribution in [0.1, 0.15) is 30.9 Å². The molecule has 0 aliphatic carbocycles. The average Bonchev–Trinajstić information content (AvgIpc) is 2.70. The Hall–Kier alpha value is -3.41. The molecule has 146 valence electrons. The molecule has 2 aromatic carbocycles. The molecule has 1 N–H and O–H groups in total. The molecule has 0 aromatic heterocycles. The van der Waals surface area contributed by atoms with Gasteiger partial charge in [-0.05, 0) is 23.6 Å². The first kappa shape index (κ1) is 20.9. The molecule has 0 unspecified atom stereocenters. The second-order valence-electron chi connectivity index (χ2n) is 5.94. The van der Waals surface area contributed by atoms with E-state index >= 15 is 0 Å². The van der Waals surface area contributed by atoms with Crippen molar-refractivity contribution in [2.45, 2.75) is 26.4 Å². The third-order valence-corrected chi connectivity index (χ3v) is 3.90. The van der Waals surface area contributed by atoms with E-state index in [0.717, 1.165) is 5.56 Å². The Morgan fingerprint density at radius 3 is 2.04 bits per heavy atom. The Balaban J connectivity index is 2.30. The number of aliphatic carboxylic acids is 1. The fourth-order valence-electron chi connectivity index (χ4n) is 2.63. The van der Waals surface area contributed by atoms with Crippen molar-refractivity contribution in [2.24, 2.45) is 0 Å². The number of carboxylic acids is 1. The number of esters is 2. The quantitative estimate of drug-likeness (QED) is 0.526. The molecular weight excluding hydrogens is 360 g/mol. The minimum atomic E-state index is -1.19. The molecule has 0 saturated heterocycles. The highest BCUT2D eigenvalue weighted by molar-refractivity contribution is 6.04. The third kappa shape index (κ3) is 6.39. The first-order chi connectivity index (χ1) is 13.5. The average molecular weight is 382 g/mol. The molecule has 6 heteroatoms. The lowest BCUT2D eigenvalue weighted by atomic mass is 9.95. The second-order valence-corrected chi connectivity index (χ2v) is 5.94. The molecule has 6 nitrogen and oxygen atoms in total. The number of benzene rings is 2. The maximum atomic E-state index is 12.4. The predicted octanol–water partition coefficient (Wildman–Crippen LogP) is 3.61. The van der Waals surface area contributed by atoms with Gasteiger partial charge in [-0.3, -0.25) is 9.59 Å². The first-order valence-electron chi connectivity index (χ1n) is 8.87. The van der Waals surface area contributed by atoms with Crippen LogP contribution in [-0.2, 0) is 30.5 Å². The SMILES string of the molecule is CCOC(=O)/C(CC(=O)O)=C(\CC(=O)OCc1ccccc1)c1ccccc1. The molecule has 28 heavy (non-hydrogen) atoms. The molecule has 0 spiro atoms. The molecule has 0 heterocycles. The normalized spacial score (nSPS) is 11.3. The smallest absolute Gasteiger partial charge is 0.334 e. The van der Waals surface area contributed by atoms with Gasteiger partial charge in [0.05, 0.1) is 25.0 Å². The van der Waals surface area contributed by atoms with E-state index in [4.69, 9.17) is 9.47 Å². The maximum Gasteiger partial charge on any atom is 0.334 e. The van der Waals surface area contributed by atoms with Crippen LogP contribution < -0.4 is 0 Å². The van der Waals surface area contributed by atoms with E-state index < -0.39 is 24.3 Å². The van der Waals surface area contributed by atoms with Gasteiger partial charge in [-0.15, -0.1) is 0 Å². The van der Waals surface area contributed by atoms with E-state index in [1.807, 2.05) is 30.3 Å². The Kier molecular flexibility index (Phi) is 7.96. The first-order valence-corrected chi connectivity index (χ1v) is 8.87. The number of ether oxygens (including phenoxy) is 2. The van der Waals surface area contributed by atoms with Gasteiger partial charge in [-0.1, -0.05) is 60.7 Å². The van der Waals surface area contributed by atoms with E-state index in [-0.39, 0.29) is 25.2 Å². The molecule has 2 rings (SSSR count). The Morgan fingerprint density at radius 1 is 0.857 bits per heavy atom. The van der Waals surface area contributed by atoms with Gasteiger partial charge in [-0.25, -0.2) is 4.79 Å². The molecule has 0 radical (unpaired) electrons. The standard InChI is InChI=1S/C22H22O6/c1-2-27-22(26)19(13-20(23)24)18(17-11-7-4-8-12-17)14-21(25)28-15-16-9-5-3-6-10-16/h3-12H,2,13-15H2,1H3,(H,23,24)/b19-18+. The maximum absolute atomic E-state index is 12.4. The van der Waals surface area contributed by atoms with Crippen LogP contribution in [0.25, 0.3) is 5.57 Å². The number of hydrogen-bond acceptors (Lipinski definition) is 5. The van der Waals surface area contributed by atoms with Crippen molar-refractivity contribution in [2.75, 3.05) is 6.61 Å². The van der Waals surface area contributed by atoms with Gasteiger partial charge < -0.3 is 14.6 Å². The van der Waals surface area contributed by atoms with Crippen LogP contribution in [0.3, 0.4) is 0 Å². The van der Waals surface area contributed by atoms with Crippen LogP contribution in [0.4, 0.5) is 0 Å². The van der Waals surface area contributed by atoms with Crippen molar-refractivity contribution < 1.29 is 29.0 Å². The van der Waals surface area contributed by atoms with E-state index in [1.54, 1.807) is 37.3 Å². The van der Waals surface area contributed by atoms with Gasteiger partial charge in [0, 0.05) is 0 Å². The predicted molar refractivity (Wildman–Crippen MR) is 103 cm³/mol. The van der Waals surface area contributed by atoms with Gasteiger partial charge in [0.25, 0.3) is 0 Å². The van der Waals surface area contributed by atoms with Crippen molar-refractivity contribution in [3.8, 4) is 0 Å². The molecule has 0 amide bonds. The number of carboxylic acid groups (broad SMARTS) is 1. The van der Waals surface area contributed by atoms with E-state index in [9.17, 15) is 19.5 Å². The fourth-order valence-corrected chi connectivity index (χ4v) is 2.63. The zero-order valence-corrected chi connectivity index (χ0v) is 15.6. The van der Waals surface area contributed by atoms with Gasteiger partial charge >= 0.3 is 17.9 Å². The summed E-state index contributed by atoms with van der Waals surface area (Å²) in [7, 11) is 0. The Bertz CT molecular complexity index is 840. The van der Waals surface area contributed by atoms with Crippen LogP contribution in [0.5, 0.6) is 0 Å². The highest BCUT2D eigenvalue weighted by atomic mass is 16.5. The van der Waals surface area contributed by atoms with Gasteiger partial charge in [0.15, 0.2) is 0 Å². The molecule has 0 aliphatic heterocycles. The third-order valence-electron chi connectivity index (χ3n) is 3.90. The number of carbonyl (C=O) groups is 3. The largest absolute Gasteiger partial charge is 0.481 e. The van der Waals surface area contributed by atoms with Gasteiger partial charge in [0.1, 0.15) is 6.61 Å². The number of carbonyl (C=O) groups excluding carboxylic acids is 2. The zero-order chi connectivity index (χ0) is 20.4. The van der Waals surface area contributed by atoms with Crippen LogP contribution in [-0.4, -0.2) is 29.6 Å². The fraction of sp³-hybridized carbons (Fsp3) is 0.227. The van der Waals surface area contributed by atoms with Crippen molar-refractivity contribution in [1.29, 1.82) is 0 Å². The summed E-state index contributed by atoms with van der Waals surface area (Å²) >= 11 is 0. The highest BCUT2D eigenvalue weighted by Gasteiger charge is 2.23. The van der Waals surface area contributed by atoms with Gasteiger partial charge in [-0.2, -0.15) is 0 Å². The van der Waals surface area contributed by atoms with Crippen molar-refractivity contribution in [3.63, 3.8) is 0 Å². The van der Waals surface area contributed by atoms with Crippen molar-refractivity contribution in [3.05, 3.63) is 77.4 Å². The zero-order valence-electron chi connectivity index (χ0n) is 15.6. The molecule has 0 saturated carbocycles. The monoisotopic (exact) mass is 382 g/mol. The molecular formula is C22H22O6. The van der Waals surface area contributed by atoms with Crippen molar-refractivity contribution in [1.82, 2.24) is 0 Å². The van der Waals surface area contributed by atoms with Gasteiger partial charge in [0.2, 0.25) is 0 Å². The second kappa shape index (κ2) is 10.7. The van der Waals surface area contributed by atoms with Crippen molar-refractivity contribution >= 4 is 23.5 Å². The molecule has 0 fully saturated rings. The molecule has 0 bridgehead atoms. The topological polar surface area (TPSA) is 89.9 Å². The summed E-state index contributed by atoms with van der Waals surface area (Å²) in [5.74, 6) is -2.50. The minimum absolute atomic E-state index is 0.0581. The summed E-state index contributed by atoms with van der Waals surface area (Å²) in [6.07, 6.45) is -0.784. The summed E-state index contributed by atoms with van der Waals surface area (Å²) < 4.78 is 10.3. The molecule has 0 aliphatic rings. The highest BCUT2D eigenvalue weighted by Crippen LogP contribution is 2.26. The summed E-state index contributed by atoms with van der Waals surface area (Å²) in [5, 5.41) is 9.22. The van der Waals surface area contributed by atoms with Crippen LogP contribution in [0, 0.1) is 0 Å². The number of rotatable bonds is 9. The lowest BCUT2D eigenvalue weighted by molar-refractivity contribution is -0.144. The van der Waals surface area contributed by atoms with Crippen LogP contribution >= 0.6 is 0 Å². The Labute approximate surface area is 163 Å². The summed E-state index contributed by atoms with van der Waals surface area (Å²) in [4.78, 5) is 36.1. The van der Waals surface area contributed by atoms with E-state index in [0.29, 0.717) is 11.1 Å². The van der Waals surface area contributed by atoms with E-state index in [1.165, 1.54) is 0 Å².